The molecule has 14 heavy (non-hydrogen) atoms. The molecule has 0 spiro atoms. The van der Waals surface area contributed by atoms with Gasteiger partial charge in [0, 0.05) is 6.07 Å². The number of phenols is 1. The zero-order valence-corrected chi connectivity index (χ0v) is 8.04. The van der Waals surface area contributed by atoms with Crippen LogP contribution in [-0.2, 0) is 0 Å². The van der Waals surface area contributed by atoms with E-state index in [2.05, 4.69) is 4.98 Å². The molecule has 6 heteroatoms. The number of nitro groups is 1. The molecule has 72 valence electrons. The van der Waals surface area contributed by atoms with Gasteiger partial charge >= 0.3 is 0 Å². The molecule has 0 bridgehead atoms. The van der Waals surface area contributed by atoms with Crippen LogP contribution in [0.5, 0.6) is 5.75 Å². The number of benzene rings is 1. The van der Waals surface area contributed by atoms with Crippen molar-refractivity contribution in [2.24, 2.45) is 0 Å². The van der Waals surface area contributed by atoms with Crippen LogP contribution in [0.1, 0.15) is 5.01 Å². The molecule has 1 aromatic carbocycles. The molecular weight excluding hydrogens is 204 g/mol. The second-order valence-electron chi connectivity index (χ2n) is 2.77. The number of aromatic nitrogens is 1. The summed E-state index contributed by atoms with van der Waals surface area (Å²) in [5.41, 5.74) is 0.194. The van der Waals surface area contributed by atoms with Gasteiger partial charge in [-0.25, -0.2) is 4.98 Å². The summed E-state index contributed by atoms with van der Waals surface area (Å²) in [5, 5.41) is 20.8. The van der Waals surface area contributed by atoms with E-state index in [1.54, 1.807) is 6.92 Å². The highest BCUT2D eigenvalue weighted by Gasteiger charge is 2.17. The number of aryl methyl sites for hydroxylation is 1. The number of hydrogen-bond donors (Lipinski definition) is 1. The molecule has 0 radical (unpaired) electrons. The summed E-state index contributed by atoms with van der Waals surface area (Å²) in [4.78, 5) is 14.1. The normalized spacial score (nSPS) is 10.6. The minimum atomic E-state index is -0.499. The monoisotopic (exact) mass is 210 g/mol. The Balaban J connectivity index is 2.87. The SMILES string of the molecule is Cc1nc2c([N+](=O)[O-])ccc(O)c2s1. The fourth-order valence-electron chi connectivity index (χ4n) is 1.23. The third-order valence-electron chi connectivity index (χ3n) is 1.81. The van der Waals surface area contributed by atoms with E-state index in [0.717, 1.165) is 0 Å². The van der Waals surface area contributed by atoms with Crippen molar-refractivity contribution in [2.45, 2.75) is 6.92 Å². The number of rotatable bonds is 1. The van der Waals surface area contributed by atoms with Gasteiger partial charge in [-0.05, 0) is 13.0 Å². The van der Waals surface area contributed by atoms with E-state index in [-0.39, 0.29) is 17.0 Å². The van der Waals surface area contributed by atoms with Gasteiger partial charge in [-0.2, -0.15) is 0 Å². The van der Waals surface area contributed by atoms with Gasteiger partial charge in [-0.3, -0.25) is 10.1 Å². The molecule has 1 N–H and O–H groups in total. The van der Waals surface area contributed by atoms with Gasteiger partial charge in [0.2, 0.25) is 0 Å². The maximum atomic E-state index is 10.6. The second kappa shape index (κ2) is 2.91. The van der Waals surface area contributed by atoms with Crippen LogP contribution in [-0.4, -0.2) is 15.0 Å². The fourth-order valence-corrected chi connectivity index (χ4v) is 2.09. The van der Waals surface area contributed by atoms with Crippen LogP contribution in [0.4, 0.5) is 5.69 Å². The molecule has 0 aliphatic carbocycles. The third kappa shape index (κ3) is 1.20. The van der Waals surface area contributed by atoms with Crippen molar-refractivity contribution >= 4 is 27.2 Å². The summed E-state index contributed by atoms with van der Waals surface area (Å²) in [6.07, 6.45) is 0. The van der Waals surface area contributed by atoms with E-state index in [1.807, 2.05) is 0 Å². The molecule has 0 amide bonds. The molecule has 0 aliphatic rings. The largest absolute Gasteiger partial charge is 0.506 e. The molecule has 0 unspecified atom stereocenters. The van der Waals surface area contributed by atoms with Crippen LogP contribution in [0.3, 0.4) is 0 Å². The smallest absolute Gasteiger partial charge is 0.296 e. The quantitative estimate of drug-likeness (QED) is 0.578. The molecule has 0 saturated carbocycles. The molecule has 2 aromatic rings. The Hall–Kier alpha value is -1.69. The summed E-state index contributed by atoms with van der Waals surface area (Å²) in [5.74, 6) is 0.0381. The van der Waals surface area contributed by atoms with Crippen LogP contribution in [0, 0.1) is 17.0 Å². The van der Waals surface area contributed by atoms with Gasteiger partial charge in [0.05, 0.1) is 9.93 Å². The Labute approximate surface area is 82.8 Å². The Morgan fingerprint density at radius 3 is 2.93 bits per heavy atom. The van der Waals surface area contributed by atoms with Crippen molar-refractivity contribution in [3.63, 3.8) is 0 Å². The molecule has 5 nitrogen and oxygen atoms in total. The number of aromatic hydroxyl groups is 1. The highest BCUT2D eigenvalue weighted by molar-refractivity contribution is 7.19. The Bertz CT molecular complexity index is 521. The highest BCUT2D eigenvalue weighted by atomic mass is 32.1. The maximum absolute atomic E-state index is 10.6. The first-order valence-corrected chi connectivity index (χ1v) is 4.65. The van der Waals surface area contributed by atoms with E-state index in [1.165, 1.54) is 23.5 Å². The predicted molar refractivity (Wildman–Crippen MR) is 52.7 cm³/mol. The molecule has 2 rings (SSSR count). The van der Waals surface area contributed by atoms with Crippen LogP contribution in [0.2, 0.25) is 0 Å². The van der Waals surface area contributed by atoms with Crippen molar-refractivity contribution in [1.29, 1.82) is 0 Å². The highest BCUT2D eigenvalue weighted by Crippen LogP contribution is 2.35. The standard InChI is InChI=1S/C8H6N2O3S/c1-4-9-7-5(10(12)13)2-3-6(11)8(7)14-4/h2-3,11H,1H3. The lowest BCUT2D eigenvalue weighted by Gasteiger charge is -1.94. The maximum Gasteiger partial charge on any atom is 0.296 e. The van der Waals surface area contributed by atoms with Gasteiger partial charge < -0.3 is 5.11 Å². The Morgan fingerprint density at radius 2 is 2.29 bits per heavy atom. The summed E-state index contributed by atoms with van der Waals surface area (Å²) in [6, 6.07) is 2.58. The van der Waals surface area contributed by atoms with Crippen molar-refractivity contribution in [3.05, 3.63) is 27.3 Å². The van der Waals surface area contributed by atoms with Crippen LogP contribution in [0.25, 0.3) is 10.2 Å². The van der Waals surface area contributed by atoms with Crippen LogP contribution < -0.4 is 0 Å². The van der Waals surface area contributed by atoms with Crippen molar-refractivity contribution in [2.75, 3.05) is 0 Å². The minimum Gasteiger partial charge on any atom is -0.506 e. The summed E-state index contributed by atoms with van der Waals surface area (Å²) < 4.78 is 0.469. The van der Waals surface area contributed by atoms with E-state index in [0.29, 0.717) is 9.71 Å². The number of nitro benzene ring substituents is 1. The summed E-state index contributed by atoms with van der Waals surface area (Å²) in [7, 11) is 0. The fraction of sp³-hybridized carbons (Fsp3) is 0.125. The Morgan fingerprint density at radius 1 is 1.57 bits per heavy atom. The summed E-state index contributed by atoms with van der Waals surface area (Å²) >= 11 is 1.24. The number of phenolic OH excluding ortho intramolecular Hbond substituents is 1. The molecular formula is C8H6N2O3S. The van der Waals surface area contributed by atoms with Gasteiger partial charge in [0.25, 0.3) is 5.69 Å². The minimum absolute atomic E-state index is 0.0381. The second-order valence-corrected chi connectivity index (χ2v) is 3.97. The molecule has 1 aromatic heterocycles. The van der Waals surface area contributed by atoms with Crippen molar-refractivity contribution in [1.82, 2.24) is 4.98 Å². The summed E-state index contributed by atoms with van der Waals surface area (Å²) in [6.45, 7) is 1.74. The lowest BCUT2D eigenvalue weighted by molar-refractivity contribution is -0.383. The topological polar surface area (TPSA) is 76.3 Å². The average molecular weight is 210 g/mol. The zero-order valence-electron chi connectivity index (χ0n) is 7.22. The number of non-ortho nitro benzene ring substituents is 1. The van der Waals surface area contributed by atoms with Gasteiger partial charge in [-0.1, -0.05) is 0 Å². The lowest BCUT2D eigenvalue weighted by atomic mass is 10.3. The molecule has 0 atom stereocenters. The molecule has 0 aliphatic heterocycles. The van der Waals surface area contributed by atoms with E-state index in [4.69, 9.17) is 0 Å². The number of hydrogen-bond acceptors (Lipinski definition) is 5. The first-order valence-electron chi connectivity index (χ1n) is 3.83. The van der Waals surface area contributed by atoms with E-state index in [9.17, 15) is 15.2 Å². The van der Waals surface area contributed by atoms with Crippen LogP contribution in [0.15, 0.2) is 12.1 Å². The first-order chi connectivity index (χ1) is 6.59. The van der Waals surface area contributed by atoms with Gasteiger partial charge in [-0.15, -0.1) is 11.3 Å². The van der Waals surface area contributed by atoms with E-state index >= 15 is 0 Å². The van der Waals surface area contributed by atoms with Gasteiger partial charge in [0.15, 0.2) is 5.52 Å². The zero-order chi connectivity index (χ0) is 10.3. The predicted octanol–water partition coefficient (Wildman–Crippen LogP) is 2.22. The Kier molecular flexibility index (Phi) is 1.85. The van der Waals surface area contributed by atoms with E-state index < -0.39 is 4.92 Å². The van der Waals surface area contributed by atoms with Gasteiger partial charge in [0.1, 0.15) is 10.4 Å². The third-order valence-corrected chi connectivity index (χ3v) is 2.80. The molecule has 1 heterocycles. The number of thiazole rings is 1. The number of fused-ring (bicyclic) bond motifs is 1. The van der Waals surface area contributed by atoms with Crippen molar-refractivity contribution < 1.29 is 10.0 Å². The first kappa shape index (κ1) is 8.89. The van der Waals surface area contributed by atoms with Crippen LogP contribution >= 0.6 is 11.3 Å². The number of nitrogens with zero attached hydrogens (tertiary/aromatic N) is 2. The lowest BCUT2D eigenvalue weighted by Crippen LogP contribution is -1.88. The van der Waals surface area contributed by atoms with Crippen molar-refractivity contribution in [3.8, 4) is 5.75 Å². The molecule has 0 fully saturated rings. The average Bonchev–Trinajstić information content (AvgIpc) is 2.47. The molecule has 0 saturated heterocycles.